The van der Waals surface area contributed by atoms with Crippen LogP contribution in [0.2, 0.25) is 5.02 Å². The lowest BCUT2D eigenvalue weighted by Gasteiger charge is -2.18. The first-order chi connectivity index (χ1) is 12.1. The summed E-state index contributed by atoms with van der Waals surface area (Å²) in [6.07, 6.45) is 0. The molecule has 1 amide bonds. The van der Waals surface area contributed by atoms with Crippen molar-refractivity contribution in [2.45, 2.75) is 12.7 Å². The molecule has 0 N–H and O–H groups in total. The van der Waals surface area contributed by atoms with Crippen molar-refractivity contribution in [3.8, 4) is 5.75 Å². The molecule has 25 heavy (non-hydrogen) atoms. The predicted molar refractivity (Wildman–Crippen MR) is 103 cm³/mol. The summed E-state index contributed by atoms with van der Waals surface area (Å²) in [5, 5.41) is 1.41. The number of amidine groups is 1. The van der Waals surface area contributed by atoms with Crippen LogP contribution in [0.1, 0.15) is 11.1 Å². The van der Waals surface area contributed by atoms with Gasteiger partial charge in [0.25, 0.3) is 5.91 Å². The van der Waals surface area contributed by atoms with Gasteiger partial charge in [-0.05, 0) is 36.8 Å². The molecule has 0 unspecified atom stereocenters. The first-order valence-electron chi connectivity index (χ1n) is 8.03. The van der Waals surface area contributed by atoms with Gasteiger partial charge in [0.05, 0.1) is 6.54 Å². The Bertz CT molecular complexity index is 760. The molecule has 1 aliphatic heterocycles. The van der Waals surface area contributed by atoms with E-state index in [1.807, 2.05) is 0 Å². The highest BCUT2D eigenvalue weighted by Gasteiger charge is 2.24. The number of halogens is 1. The van der Waals surface area contributed by atoms with Crippen LogP contribution in [0.4, 0.5) is 0 Å². The van der Waals surface area contributed by atoms with Gasteiger partial charge < -0.3 is 4.74 Å². The van der Waals surface area contributed by atoms with Gasteiger partial charge in [0.1, 0.15) is 5.75 Å². The van der Waals surface area contributed by atoms with Crippen LogP contribution >= 0.6 is 23.4 Å². The third-order valence-corrected chi connectivity index (χ3v) is 5.10. The zero-order valence-electron chi connectivity index (χ0n) is 13.9. The summed E-state index contributed by atoms with van der Waals surface area (Å²) in [4.78, 5) is 18.6. The molecule has 6 heteroatoms. The first kappa shape index (κ1) is 17.8. The van der Waals surface area contributed by atoms with Crippen LogP contribution in [0, 0.1) is 6.92 Å². The van der Waals surface area contributed by atoms with Crippen molar-refractivity contribution in [1.29, 1.82) is 0 Å². The summed E-state index contributed by atoms with van der Waals surface area (Å²) in [7, 11) is 0. The second-order valence-electron chi connectivity index (χ2n) is 5.73. The third kappa shape index (κ3) is 5.00. The fraction of sp³-hybridized carbons (Fsp3) is 0.263. The molecule has 3 rings (SSSR count). The Kier molecular flexibility index (Phi) is 6.00. The maximum absolute atomic E-state index is 12.4. The van der Waals surface area contributed by atoms with Crippen molar-refractivity contribution < 1.29 is 9.53 Å². The van der Waals surface area contributed by atoms with Gasteiger partial charge in [0, 0.05) is 17.3 Å². The minimum atomic E-state index is -0.0809. The maximum Gasteiger partial charge on any atom is 0.266 e. The Labute approximate surface area is 156 Å². The van der Waals surface area contributed by atoms with Gasteiger partial charge in [0.15, 0.2) is 11.8 Å². The number of thioether (sulfide) groups is 1. The maximum atomic E-state index is 12.4. The average Bonchev–Trinajstić information content (AvgIpc) is 3.09. The van der Waals surface area contributed by atoms with Gasteiger partial charge in [-0.3, -0.25) is 14.7 Å². The molecule has 4 nitrogen and oxygen atoms in total. The zero-order chi connectivity index (χ0) is 17.6. The summed E-state index contributed by atoms with van der Waals surface area (Å²) in [6.45, 7) is 3.31. The number of ether oxygens (including phenoxy) is 1. The van der Waals surface area contributed by atoms with E-state index < -0.39 is 0 Å². The number of hydrogen-bond acceptors (Lipinski definition) is 4. The molecular formula is C19H19ClN2O2S. The van der Waals surface area contributed by atoms with Gasteiger partial charge in [-0.1, -0.05) is 53.2 Å². The topological polar surface area (TPSA) is 41.9 Å². The lowest BCUT2D eigenvalue weighted by atomic mass is 10.2. The van der Waals surface area contributed by atoms with Gasteiger partial charge in [0.2, 0.25) is 0 Å². The Hall–Kier alpha value is -1.98. The van der Waals surface area contributed by atoms with E-state index in [-0.39, 0.29) is 12.5 Å². The second-order valence-corrected chi connectivity index (χ2v) is 7.11. The van der Waals surface area contributed by atoms with E-state index >= 15 is 0 Å². The van der Waals surface area contributed by atoms with Crippen molar-refractivity contribution in [2.24, 2.45) is 4.99 Å². The molecule has 0 radical (unpaired) electrons. The van der Waals surface area contributed by atoms with Crippen LogP contribution in [0.25, 0.3) is 0 Å². The number of benzene rings is 2. The molecule has 0 bridgehead atoms. The monoisotopic (exact) mass is 374 g/mol. The number of aryl methyl sites for hydroxylation is 1. The Morgan fingerprint density at radius 2 is 1.92 bits per heavy atom. The molecule has 0 fully saturated rings. The van der Waals surface area contributed by atoms with Crippen LogP contribution in [-0.2, 0) is 10.5 Å². The number of amides is 1. The number of nitrogens with zero attached hydrogens (tertiary/aromatic N) is 2. The lowest BCUT2D eigenvalue weighted by molar-refractivity contribution is -0.128. The Morgan fingerprint density at radius 3 is 2.64 bits per heavy atom. The Balaban J connectivity index is 1.52. The summed E-state index contributed by atoms with van der Waals surface area (Å²) < 4.78 is 5.55. The van der Waals surface area contributed by atoms with E-state index in [0.717, 1.165) is 10.9 Å². The molecule has 0 atom stereocenters. The molecular weight excluding hydrogens is 356 g/mol. The van der Waals surface area contributed by atoms with Gasteiger partial charge in [-0.25, -0.2) is 0 Å². The second kappa shape index (κ2) is 8.41. The van der Waals surface area contributed by atoms with E-state index in [2.05, 4.69) is 36.2 Å². The third-order valence-electron chi connectivity index (χ3n) is 3.77. The average molecular weight is 375 g/mol. The smallest absolute Gasteiger partial charge is 0.266 e. The van der Waals surface area contributed by atoms with Crippen molar-refractivity contribution >= 4 is 34.4 Å². The fourth-order valence-corrected chi connectivity index (χ4v) is 3.51. The van der Waals surface area contributed by atoms with Crippen molar-refractivity contribution in [1.82, 2.24) is 4.90 Å². The first-order valence-corrected chi connectivity index (χ1v) is 9.40. The van der Waals surface area contributed by atoms with Crippen LogP contribution in [0.15, 0.2) is 53.5 Å². The van der Waals surface area contributed by atoms with Crippen LogP contribution in [0.5, 0.6) is 5.75 Å². The summed E-state index contributed by atoms with van der Waals surface area (Å²) in [5.41, 5.74) is 2.46. The molecule has 0 aromatic heterocycles. The molecule has 1 aliphatic rings. The van der Waals surface area contributed by atoms with Crippen LogP contribution in [-0.4, -0.2) is 35.7 Å². The summed E-state index contributed by atoms with van der Waals surface area (Å²) in [5.74, 6) is 1.34. The van der Waals surface area contributed by atoms with Gasteiger partial charge in [-0.15, -0.1) is 0 Å². The predicted octanol–water partition coefficient (Wildman–Crippen LogP) is 4.16. The molecule has 130 valence electrons. The highest BCUT2D eigenvalue weighted by Crippen LogP contribution is 2.21. The molecule has 1 heterocycles. The molecule has 0 saturated heterocycles. The largest absolute Gasteiger partial charge is 0.484 e. The standard InChI is InChI=1S/C19H19ClN2O2S/c1-14-2-4-15(5-3-14)13-25-19-21-10-11-22(19)18(23)12-24-17-8-6-16(20)7-9-17/h2-9H,10-13H2,1H3. The van der Waals surface area contributed by atoms with Gasteiger partial charge >= 0.3 is 0 Å². The highest BCUT2D eigenvalue weighted by atomic mass is 35.5. The van der Waals surface area contributed by atoms with Crippen LogP contribution in [0.3, 0.4) is 0 Å². The Morgan fingerprint density at radius 1 is 1.20 bits per heavy atom. The molecule has 0 saturated carbocycles. The minimum Gasteiger partial charge on any atom is -0.484 e. The number of carbonyl (C=O) groups is 1. The van der Waals surface area contributed by atoms with Crippen LogP contribution < -0.4 is 4.74 Å². The van der Waals surface area contributed by atoms with E-state index in [4.69, 9.17) is 16.3 Å². The molecule has 0 spiro atoms. The normalized spacial score (nSPS) is 13.7. The fourth-order valence-electron chi connectivity index (χ4n) is 2.37. The quantitative estimate of drug-likeness (QED) is 0.789. The number of carbonyl (C=O) groups excluding carboxylic acids is 1. The van der Waals surface area contributed by atoms with E-state index in [9.17, 15) is 4.79 Å². The van der Waals surface area contributed by atoms with Crippen molar-refractivity contribution in [3.63, 3.8) is 0 Å². The van der Waals surface area contributed by atoms with Crippen molar-refractivity contribution in [3.05, 3.63) is 64.7 Å². The number of rotatable bonds is 5. The zero-order valence-corrected chi connectivity index (χ0v) is 15.5. The van der Waals surface area contributed by atoms with E-state index in [1.54, 1.807) is 40.9 Å². The SMILES string of the molecule is Cc1ccc(CSC2=NCCN2C(=O)COc2ccc(Cl)cc2)cc1. The number of hydrogen-bond donors (Lipinski definition) is 0. The molecule has 0 aliphatic carbocycles. The highest BCUT2D eigenvalue weighted by molar-refractivity contribution is 8.13. The van der Waals surface area contributed by atoms with E-state index in [1.165, 1.54) is 11.1 Å². The summed E-state index contributed by atoms with van der Waals surface area (Å²) >= 11 is 7.43. The molecule has 2 aromatic rings. The summed E-state index contributed by atoms with van der Waals surface area (Å²) in [6, 6.07) is 15.4. The minimum absolute atomic E-state index is 0.00819. The number of aliphatic imine (C=N–C) groups is 1. The van der Waals surface area contributed by atoms with Gasteiger partial charge in [-0.2, -0.15) is 0 Å². The lowest BCUT2D eigenvalue weighted by Crippen LogP contribution is -2.36. The van der Waals surface area contributed by atoms with Crippen molar-refractivity contribution in [2.75, 3.05) is 19.7 Å². The molecule has 2 aromatic carbocycles. The van der Waals surface area contributed by atoms with E-state index in [0.29, 0.717) is 23.9 Å².